The van der Waals surface area contributed by atoms with Crippen LogP contribution in [0.15, 0.2) is 0 Å². The minimum Gasteiger partial charge on any atom is -0.314 e. The molecule has 0 bridgehead atoms. The van der Waals surface area contributed by atoms with Gasteiger partial charge in [-0.3, -0.25) is 0 Å². The van der Waals surface area contributed by atoms with Crippen molar-refractivity contribution in [3.63, 3.8) is 0 Å². The zero-order valence-electron chi connectivity index (χ0n) is 6.12. The van der Waals surface area contributed by atoms with Crippen molar-refractivity contribution in [2.45, 2.75) is 18.9 Å². The second kappa shape index (κ2) is 1.32. The zero-order valence-corrected chi connectivity index (χ0v) is 6.12. The van der Waals surface area contributed by atoms with Gasteiger partial charge in [0.25, 0.3) is 0 Å². The number of hydrogen-bond donors (Lipinski definition) is 2. The van der Waals surface area contributed by atoms with Gasteiger partial charge >= 0.3 is 0 Å². The monoisotopic (exact) mass is 126 g/mol. The highest BCUT2D eigenvalue weighted by Gasteiger charge is 2.66. The molecule has 9 heavy (non-hydrogen) atoms. The van der Waals surface area contributed by atoms with E-state index in [-0.39, 0.29) is 0 Å². The first-order valence-corrected chi connectivity index (χ1v) is 3.62. The molecule has 2 rings (SSSR count). The summed E-state index contributed by atoms with van der Waals surface area (Å²) in [5.41, 5.74) is 1.06. The van der Waals surface area contributed by atoms with Crippen LogP contribution in [-0.2, 0) is 0 Å². The molecule has 2 N–H and O–H groups in total. The summed E-state index contributed by atoms with van der Waals surface area (Å²) in [5.74, 6) is 0. The fourth-order valence-corrected chi connectivity index (χ4v) is 2.16. The molecule has 0 aromatic rings. The molecule has 2 nitrogen and oxygen atoms in total. The largest absolute Gasteiger partial charge is 0.314 e. The highest BCUT2D eigenvalue weighted by molar-refractivity contribution is 5.24. The standard InChI is InChI=1S/C7H14N2/c1-6-3-7(6,8-2)5-9-4-6/h8-9H,3-5H2,1-2H3/t6-,7-/m0/s1. The Hall–Kier alpha value is -0.0800. The van der Waals surface area contributed by atoms with Crippen LogP contribution in [0.2, 0.25) is 0 Å². The molecule has 1 saturated heterocycles. The molecule has 1 aliphatic heterocycles. The molecule has 2 aliphatic rings. The van der Waals surface area contributed by atoms with Crippen molar-refractivity contribution in [1.29, 1.82) is 0 Å². The lowest BCUT2D eigenvalue weighted by Gasteiger charge is -2.10. The van der Waals surface area contributed by atoms with Crippen LogP contribution >= 0.6 is 0 Å². The molecule has 0 amide bonds. The van der Waals surface area contributed by atoms with E-state index in [1.807, 2.05) is 0 Å². The lowest BCUT2D eigenvalue weighted by atomic mass is 10.1. The maximum atomic E-state index is 3.39. The van der Waals surface area contributed by atoms with Crippen LogP contribution in [0.4, 0.5) is 0 Å². The van der Waals surface area contributed by atoms with E-state index in [0.29, 0.717) is 11.0 Å². The van der Waals surface area contributed by atoms with Gasteiger partial charge in [-0.2, -0.15) is 0 Å². The first kappa shape index (κ1) is 5.69. The van der Waals surface area contributed by atoms with Crippen molar-refractivity contribution < 1.29 is 0 Å². The molecule has 1 saturated carbocycles. The van der Waals surface area contributed by atoms with E-state index in [1.165, 1.54) is 19.5 Å². The average molecular weight is 126 g/mol. The summed E-state index contributed by atoms with van der Waals surface area (Å²) in [6.45, 7) is 4.72. The number of fused-ring (bicyclic) bond motifs is 1. The van der Waals surface area contributed by atoms with Gasteiger partial charge in [-0.25, -0.2) is 0 Å². The van der Waals surface area contributed by atoms with E-state index in [9.17, 15) is 0 Å². The first-order chi connectivity index (χ1) is 4.22. The number of nitrogens with one attached hydrogen (secondary N) is 2. The molecular weight excluding hydrogens is 112 g/mol. The van der Waals surface area contributed by atoms with Crippen molar-refractivity contribution in [3.05, 3.63) is 0 Å². The summed E-state index contributed by atoms with van der Waals surface area (Å²) in [7, 11) is 2.07. The van der Waals surface area contributed by atoms with Crippen molar-refractivity contribution >= 4 is 0 Å². The van der Waals surface area contributed by atoms with Crippen LogP contribution in [0.5, 0.6) is 0 Å². The predicted molar refractivity (Wildman–Crippen MR) is 37.4 cm³/mol. The van der Waals surface area contributed by atoms with Crippen LogP contribution in [0.1, 0.15) is 13.3 Å². The van der Waals surface area contributed by atoms with Gasteiger partial charge in [0.15, 0.2) is 0 Å². The van der Waals surface area contributed by atoms with Gasteiger partial charge in [-0.1, -0.05) is 6.92 Å². The molecule has 2 fully saturated rings. The summed E-state index contributed by atoms with van der Waals surface area (Å²) in [5, 5.41) is 6.78. The summed E-state index contributed by atoms with van der Waals surface area (Å²) >= 11 is 0. The van der Waals surface area contributed by atoms with Gasteiger partial charge in [0, 0.05) is 24.0 Å². The Labute approximate surface area is 56.0 Å². The van der Waals surface area contributed by atoms with E-state index >= 15 is 0 Å². The molecule has 0 spiro atoms. The Morgan fingerprint density at radius 1 is 1.44 bits per heavy atom. The summed E-state index contributed by atoms with van der Waals surface area (Å²) < 4.78 is 0. The summed E-state index contributed by atoms with van der Waals surface area (Å²) in [6, 6.07) is 0. The highest BCUT2D eigenvalue weighted by Crippen LogP contribution is 2.57. The first-order valence-electron chi connectivity index (χ1n) is 3.62. The number of likely N-dealkylation sites (N-methyl/N-ethyl adjacent to an activating group) is 1. The maximum absolute atomic E-state index is 3.39. The van der Waals surface area contributed by atoms with Crippen LogP contribution in [-0.4, -0.2) is 25.7 Å². The fourth-order valence-electron chi connectivity index (χ4n) is 2.16. The second-order valence-corrected chi connectivity index (χ2v) is 3.67. The predicted octanol–water partition coefficient (Wildman–Crippen LogP) is -0.0422. The van der Waals surface area contributed by atoms with Crippen molar-refractivity contribution in [1.82, 2.24) is 10.6 Å². The minimum absolute atomic E-state index is 0.479. The molecule has 52 valence electrons. The van der Waals surface area contributed by atoms with Crippen molar-refractivity contribution in [3.8, 4) is 0 Å². The maximum Gasteiger partial charge on any atom is 0.0377 e. The fraction of sp³-hybridized carbons (Fsp3) is 1.00. The molecule has 0 radical (unpaired) electrons. The molecule has 1 aliphatic carbocycles. The molecular formula is C7H14N2. The van der Waals surface area contributed by atoms with Gasteiger partial charge in [0.1, 0.15) is 0 Å². The quantitative estimate of drug-likeness (QED) is 0.515. The lowest BCUT2D eigenvalue weighted by Crippen LogP contribution is -2.35. The van der Waals surface area contributed by atoms with E-state index in [1.54, 1.807) is 0 Å². The molecule has 0 aromatic heterocycles. The van der Waals surface area contributed by atoms with Gasteiger partial charge in [-0.15, -0.1) is 0 Å². The van der Waals surface area contributed by atoms with E-state index in [0.717, 1.165) is 0 Å². The van der Waals surface area contributed by atoms with E-state index < -0.39 is 0 Å². The highest BCUT2D eigenvalue weighted by atomic mass is 15.2. The third-order valence-corrected chi connectivity index (χ3v) is 3.14. The van der Waals surface area contributed by atoms with Crippen LogP contribution in [0, 0.1) is 5.41 Å². The Bertz CT molecular complexity index is 142. The Morgan fingerprint density at radius 3 is 2.44 bits per heavy atom. The van der Waals surface area contributed by atoms with Gasteiger partial charge in [0.05, 0.1) is 0 Å². The Balaban J connectivity index is 2.19. The van der Waals surface area contributed by atoms with Crippen LogP contribution < -0.4 is 10.6 Å². The number of rotatable bonds is 1. The molecule has 2 heteroatoms. The summed E-state index contributed by atoms with van der Waals surface area (Å²) in [6.07, 6.45) is 1.36. The average Bonchev–Trinajstić information content (AvgIpc) is 2.29. The number of hydrogen-bond acceptors (Lipinski definition) is 2. The summed E-state index contributed by atoms with van der Waals surface area (Å²) in [4.78, 5) is 0. The van der Waals surface area contributed by atoms with Gasteiger partial charge in [0.2, 0.25) is 0 Å². The molecule has 0 unspecified atom stereocenters. The van der Waals surface area contributed by atoms with E-state index in [4.69, 9.17) is 0 Å². The van der Waals surface area contributed by atoms with Crippen LogP contribution in [0.25, 0.3) is 0 Å². The van der Waals surface area contributed by atoms with Gasteiger partial charge in [-0.05, 0) is 13.5 Å². The third kappa shape index (κ3) is 0.485. The second-order valence-electron chi connectivity index (χ2n) is 3.67. The van der Waals surface area contributed by atoms with Gasteiger partial charge < -0.3 is 10.6 Å². The zero-order chi connectivity index (χ0) is 6.54. The van der Waals surface area contributed by atoms with Crippen molar-refractivity contribution in [2.24, 2.45) is 5.41 Å². The Kier molecular flexibility index (Phi) is 0.837. The molecule has 1 heterocycles. The number of piperidine rings is 1. The molecule has 2 atom stereocenters. The minimum atomic E-state index is 0.479. The Morgan fingerprint density at radius 2 is 2.22 bits per heavy atom. The lowest BCUT2D eigenvalue weighted by molar-refractivity contribution is 0.490. The molecule has 0 aromatic carbocycles. The van der Waals surface area contributed by atoms with Crippen molar-refractivity contribution in [2.75, 3.05) is 20.1 Å². The topological polar surface area (TPSA) is 24.1 Å². The normalized spacial score (nSPS) is 55.3. The SMILES string of the molecule is CN[C@@]12CNC[C@]1(C)C2. The van der Waals surface area contributed by atoms with Crippen LogP contribution in [0.3, 0.4) is 0 Å². The third-order valence-electron chi connectivity index (χ3n) is 3.14. The van der Waals surface area contributed by atoms with E-state index in [2.05, 4.69) is 24.6 Å². The smallest absolute Gasteiger partial charge is 0.0377 e.